The molecule has 10 nitrogen and oxygen atoms in total. The molecule has 0 saturated heterocycles. The second-order valence-corrected chi connectivity index (χ2v) is 11.2. The molecule has 1 aliphatic rings. The van der Waals surface area contributed by atoms with Crippen molar-refractivity contribution in [2.24, 2.45) is 5.92 Å². The van der Waals surface area contributed by atoms with Gasteiger partial charge in [-0.15, -0.1) is 0 Å². The molecule has 0 bridgehead atoms. The van der Waals surface area contributed by atoms with E-state index in [1.54, 1.807) is 49.4 Å². The number of benzene rings is 3. The van der Waals surface area contributed by atoms with Crippen LogP contribution in [0.15, 0.2) is 66.7 Å². The molecule has 0 aromatic heterocycles. The van der Waals surface area contributed by atoms with Crippen molar-refractivity contribution in [2.45, 2.75) is 47.1 Å². The van der Waals surface area contributed by atoms with Gasteiger partial charge in [0, 0.05) is 17.7 Å². The molecule has 1 atom stereocenters. The smallest absolute Gasteiger partial charge is 0.338 e. The molecule has 1 heterocycles. The number of Topliss-reactive ketones (excluding diaryl/α,β-unsaturated/α-hetero) is 1. The normalized spacial score (nSPS) is 14.5. The minimum atomic E-state index is -1.18. The molecule has 1 unspecified atom stereocenters. The zero-order valence-corrected chi connectivity index (χ0v) is 25.7. The average Bonchev–Trinajstić information content (AvgIpc) is 3.07. The molecule has 4 rings (SSSR count). The third kappa shape index (κ3) is 7.50. The zero-order valence-electron chi connectivity index (χ0n) is 25.7. The summed E-state index contributed by atoms with van der Waals surface area (Å²) < 4.78 is 5.04. The molecule has 3 aromatic rings. The van der Waals surface area contributed by atoms with Crippen molar-refractivity contribution in [3.8, 4) is 0 Å². The largest absolute Gasteiger partial charge is 0.462 e. The van der Waals surface area contributed by atoms with Gasteiger partial charge in [0.15, 0.2) is 5.78 Å². The van der Waals surface area contributed by atoms with Crippen molar-refractivity contribution in [1.82, 2.24) is 5.32 Å². The lowest BCUT2D eigenvalue weighted by molar-refractivity contribution is -0.120. The molecule has 1 aliphatic heterocycles. The number of nitrogens with one attached hydrogen (secondary N) is 2. The van der Waals surface area contributed by atoms with Crippen molar-refractivity contribution in [1.29, 1.82) is 0 Å². The Morgan fingerprint density at radius 2 is 1.70 bits per heavy atom. The van der Waals surface area contributed by atoms with E-state index in [9.17, 15) is 24.0 Å². The lowest BCUT2D eigenvalue weighted by Gasteiger charge is -2.26. The first-order chi connectivity index (χ1) is 21.0. The van der Waals surface area contributed by atoms with E-state index in [0.717, 1.165) is 11.1 Å². The summed E-state index contributed by atoms with van der Waals surface area (Å²) in [6.07, 6.45) is 0.225. The van der Waals surface area contributed by atoms with Crippen LogP contribution >= 0.6 is 0 Å². The zero-order chi connectivity index (χ0) is 32.0. The predicted octanol–water partition coefficient (Wildman–Crippen LogP) is 5.28. The quantitative estimate of drug-likeness (QED) is 0.255. The summed E-state index contributed by atoms with van der Waals surface area (Å²) in [5, 5.41) is 5.37. The van der Waals surface area contributed by atoms with Gasteiger partial charge in [-0.3, -0.25) is 14.4 Å². The van der Waals surface area contributed by atoms with Crippen LogP contribution in [0.3, 0.4) is 0 Å². The highest BCUT2D eigenvalue weighted by molar-refractivity contribution is 6.13. The van der Waals surface area contributed by atoms with Crippen LogP contribution in [0.5, 0.6) is 0 Å². The van der Waals surface area contributed by atoms with Gasteiger partial charge in [0.2, 0.25) is 5.91 Å². The van der Waals surface area contributed by atoms with Gasteiger partial charge in [-0.2, -0.15) is 0 Å². The van der Waals surface area contributed by atoms with Crippen LogP contribution in [0, 0.1) is 19.8 Å². The highest BCUT2D eigenvalue weighted by Gasteiger charge is 2.38. The summed E-state index contributed by atoms with van der Waals surface area (Å²) in [4.78, 5) is 69.6. The Labute approximate surface area is 257 Å². The lowest BCUT2D eigenvalue weighted by Crippen LogP contribution is -2.54. The first-order valence-corrected chi connectivity index (χ1v) is 14.6. The third-order valence-corrected chi connectivity index (χ3v) is 7.21. The summed E-state index contributed by atoms with van der Waals surface area (Å²) >= 11 is 0. The molecule has 0 aliphatic carbocycles. The maximum atomic E-state index is 14.2. The number of esters is 1. The molecular formula is C34H38N4O6. The van der Waals surface area contributed by atoms with E-state index < -0.39 is 23.9 Å². The average molecular weight is 599 g/mol. The second-order valence-electron chi connectivity index (χ2n) is 11.2. The summed E-state index contributed by atoms with van der Waals surface area (Å²) in [5.74, 6) is -1.49. The van der Waals surface area contributed by atoms with Crippen LogP contribution in [0.1, 0.15) is 59.0 Å². The fourth-order valence-electron chi connectivity index (χ4n) is 5.09. The number of nitrogens with zero attached hydrogens (tertiary/aromatic N) is 2. The van der Waals surface area contributed by atoms with Gasteiger partial charge >= 0.3 is 12.0 Å². The van der Waals surface area contributed by atoms with E-state index in [1.807, 2.05) is 45.9 Å². The summed E-state index contributed by atoms with van der Waals surface area (Å²) in [7, 11) is 0. The summed E-state index contributed by atoms with van der Waals surface area (Å²) in [6.45, 7) is 9.04. The summed E-state index contributed by atoms with van der Waals surface area (Å²) in [6, 6.07) is 16.9. The molecule has 0 fully saturated rings. The molecule has 44 heavy (non-hydrogen) atoms. The topological polar surface area (TPSA) is 125 Å². The van der Waals surface area contributed by atoms with Gasteiger partial charge in [-0.05, 0) is 68.1 Å². The van der Waals surface area contributed by atoms with Gasteiger partial charge in [0.25, 0.3) is 5.91 Å². The molecule has 10 heteroatoms. The predicted molar refractivity (Wildman–Crippen MR) is 169 cm³/mol. The van der Waals surface area contributed by atoms with E-state index in [1.165, 1.54) is 15.9 Å². The minimum absolute atomic E-state index is 0.0514. The molecular weight excluding hydrogens is 560 g/mol. The van der Waals surface area contributed by atoms with Crippen LogP contribution in [0.4, 0.5) is 21.9 Å². The molecule has 3 aromatic carbocycles. The Morgan fingerprint density at radius 1 is 0.955 bits per heavy atom. The second kappa shape index (κ2) is 14.0. The van der Waals surface area contributed by atoms with Crippen LogP contribution in [0.25, 0.3) is 0 Å². The van der Waals surface area contributed by atoms with E-state index in [0.29, 0.717) is 22.6 Å². The first-order valence-electron chi connectivity index (χ1n) is 14.6. The number of aryl methyl sites for hydroxylation is 2. The molecule has 4 amide bonds. The van der Waals surface area contributed by atoms with Gasteiger partial charge in [-0.1, -0.05) is 50.2 Å². The van der Waals surface area contributed by atoms with Crippen molar-refractivity contribution < 1.29 is 28.7 Å². The maximum absolute atomic E-state index is 14.2. The molecule has 0 saturated carbocycles. The lowest BCUT2D eigenvalue weighted by atomic mass is 10.0. The molecule has 0 radical (unpaired) electrons. The minimum Gasteiger partial charge on any atom is -0.462 e. The molecule has 0 spiro atoms. The van der Waals surface area contributed by atoms with E-state index in [2.05, 4.69) is 10.6 Å². The Bertz CT molecular complexity index is 1580. The van der Waals surface area contributed by atoms with Gasteiger partial charge in [-0.25, -0.2) is 9.59 Å². The first kappa shape index (κ1) is 31.9. The van der Waals surface area contributed by atoms with Crippen LogP contribution in [-0.4, -0.2) is 55.3 Å². The van der Waals surface area contributed by atoms with Crippen molar-refractivity contribution in [2.75, 3.05) is 34.8 Å². The fraction of sp³-hybridized carbons (Fsp3) is 0.324. The van der Waals surface area contributed by atoms with Crippen LogP contribution < -0.4 is 20.4 Å². The number of rotatable bonds is 9. The highest BCUT2D eigenvalue weighted by Crippen LogP contribution is 2.35. The van der Waals surface area contributed by atoms with Gasteiger partial charge < -0.3 is 25.2 Å². The number of carbonyl (C=O) groups excluding carboxylic acids is 5. The van der Waals surface area contributed by atoms with Crippen molar-refractivity contribution >= 4 is 46.7 Å². The number of hydrogen-bond acceptors (Lipinski definition) is 6. The van der Waals surface area contributed by atoms with Gasteiger partial charge in [0.1, 0.15) is 6.04 Å². The van der Waals surface area contributed by atoms with E-state index >= 15 is 0 Å². The number of urea groups is 1. The number of hydrogen-bond donors (Lipinski definition) is 2. The SMILES string of the molecule is CCOC(=O)c1cccc(NC(=O)NC2CN(C(=O)CC(C)C)c3ccc(C)cc3N(CC(=O)c3ccccc3C)C2=O)c1. The Kier molecular flexibility index (Phi) is 10.2. The number of amides is 4. The molecule has 230 valence electrons. The Balaban J connectivity index is 1.69. The van der Waals surface area contributed by atoms with Crippen LogP contribution in [0.2, 0.25) is 0 Å². The number of carbonyl (C=O) groups is 5. The maximum Gasteiger partial charge on any atom is 0.338 e. The van der Waals surface area contributed by atoms with Crippen LogP contribution in [-0.2, 0) is 14.3 Å². The number of fused-ring (bicyclic) bond motifs is 1. The van der Waals surface area contributed by atoms with Gasteiger partial charge in [0.05, 0.1) is 36.6 Å². The van der Waals surface area contributed by atoms with Crippen molar-refractivity contribution in [3.05, 3.63) is 89.0 Å². The van der Waals surface area contributed by atoms with E-state index in [-0.39, 0.29) is 49.3 Å². The number of ketones is 1. The standard InChI is InChI=1S/C34H38N4O6/c1-6-44-33(42)24-11-9-12-25(18-24)35-34(43)36-27-19-37(31(40)16-21(2)3)28-15-14-22(4)17-29(28)38(32(27)41)20-30(39)26-13-8-7-10-23(26)5/h7-15,17-18,21,27H,6,16,19-20H2,1-5H3,(H2,35,36,43). The fourth-order valence-corrected chi connectivity index (χ4v) is 5.09. The monoisotopic (exact) mass is 598 g/mol. The van der Waals surface area contributed by atoms with E-state index in [4.69, 9.17) is 4.74 Å². The Morgan fingerprint density at radius 3 is 2.41 bits per heavy atom. The Hall–Kier alpha value is -4.99. The number of ether oxygens (including phenoxy) is 1. The van der Waals surface area contributed by atoms with Crippen molar-refractivity contribution in [3.63, 3.8) is 0 Å². The molecule has 2 N–H and O–H groups in total. The third-order valence-electron chi connectivity index (χ3n) is 7.21. The highest BCUT2D eigenvalue weighted by atomic mass is 16.5. The summed E-state index contributed by atoms with van der Waals surface area (Å²) in [5.41, 5.74) is 3.57. The number of anilines is 3.